The van der Waals surface area contributed by atoms with Crippen molar-refractivity contribution >= 4 is 5.97 Å². The Labute approximate surface area is 122 Å². The van der Waals surface area contributed by atoms with Crippen LogP contribution in [0.25, 0.3) is 0 Å². The van der Waals surface area contributed by atoms with E-state index in [1.54, 1.807) is 0 Å². The van der Waals surface area contributed by atoms with Crippen LogP contribution in [0, 0.1) is 11.8 Å². The normalized spacial score (nSPS) is 38.6. The van der Waals surface area contributed by atoms with Gasteiger partial charge in [-0.2, -0.15) is 0 Å². The standard InChI is InChI=1S/C16H29NO3/c1-3-16(2)10-13(8-9-20-16)17-11-12-6-4-5-7-14(12)15(18)19/h12-14,17H,3-11H2,1-2H3,(H,18,19). The molecule has 2 N–H and O–H groups in total. The van der Waals surface area contributed by atoms with Crippen LogP contribution in [0.15, 0.2) is 0 Å². The molecule has 0 spiro atoms. The maximum absolute atomic E-state index is 11.3. The summed E-state index contributed by atoms with van der Waals surface area (Å²) >= 11 is 0. The van der Waals surface area contributed by atoms with E-state index in [1.807, 2.05) is 0 Å². The number of hydrogen-bond donors (Lipinski definition) is 2. The Bertz CT molecular complexity index is 334. The largest absolute Gasteiger partial charge is 0.481 e. The van der Waals surface area contributed by atoms with E-state index in [2.05, 4.69) is 19.2 Å². The van der Waals surface area contributed by atoms with Gasteiger partial charge in [-0.1, -0.05) is 19.8 Å². The lowest BCUT2D eigenvalue weighted by Crippen LogP contribution is -2.47. The van der Waals surface area contributed by atoms with Crippen molar-refractivity contribution in [3.8, 4) is 0 Å². The summed E-state index contributed by atoms with van der Waals surface area (Å²) in [5.41, 5.74) is -0.00528. The van der Waals surface area contributed by atoms with Crippen LogP contribution in [-0.2, 0) is 9.53 Å². The first-order chi connectivity index (χ1) is 9.54. The molecule has 4 atom stereocenters. The molecule has 0 aromatic rings. The average molecular weight is 283 g/mol. The van der Waals surface area contributed by atoms with Crippen molar-refractivity contribution in [1.29, 1.82) is 0 Å². The molecule has 0 aromatic carbocycles. The summed E-state index contributed by atoms with van der Waals surface area (Å²) in [6.45, 7) is 6.02. The number of ether oxygens (including phenoxy) is 1. The summed E-state index contributed by atoms with van der Waals surface area (Å²) < 4.78 is 5.86. The smallest absolute Gasteiger partial charge is 0.306 e. The van der Waals surface area contributed by atoms with Crippen LogP contribution in [0.4, 0.5) is 0 Å². The second-order valence-electron chi connectivity index (χ2n) is 6.74. The molecule has 1 saturated carbocycles. The van der Waals surface area contributed by atoms with E-state index in [9.17, 15) is 9.90 Å². The first kappa shape index (κ1) is 15.8. The lowest BCUT2D eigenvalue weighted by atomic mass is 9.79. The van der Waals surface area contributed by atoms with Gasteiger partial charge in [-0.15, -0.1) is 0 Å². The highest BCUT2D eigenvalue weighted by Crippen LogP contribution is 2.31. The highest BCUT2D eigenvalue weighted by atomic mass is 16.5. The van der Waals surface area contributed by atoms with Crippen LogP contribution in [0.3, 0.4) is 0 Å². The third kappa shape index (κ3) is 3.95. The number of hydrogen-bond acceptors (Lipinski definition) is 3. The van der Waals surface area contributed by atoms with Crippen molar-refractivity contribution in [2.75, 3.05) is 13.2 Å². The fourth-order valence-electron chi connectivity index (χ4n) is 3.65. The van der Waals surface area contributed by atoms with Gasteiger partial charge in [0, 0.05) is 12.6 Å². The molecular formula is C16H29NO3. The Morgan fingerprint density at radius 1 is 1.35 bits per heavy atom. The minimum Gasteiger partial charge on any atom is -0.481 e. The lowest BCUT2D eigenvalue weighted by Gasteiger charge is -2.39. The monoisotopic (exact) mass is 283 g/mol. The van der Waals surface area contributed by atoms with Gasteiger partial charge < -0.3 is 15.2 Å². The van der Waals surface area contributed by atoms with Crippen LogP contribution in [0.5, 0.6) is 0 Å². The van der Waals surface area contributed by atoms with Crippen LogP contribution in [0.1, 0.15) is 58.8 Å². The minimum atomic E-state index is -0.609. The molecule has 1 aliphatic heterocycles. The zero-order chi connectivity index (χ0) is 14.6. The summed E-state index contributed by atoms with van der Waals surface area (Å²) in [6, 6.07) is 0.477. The molecule has 0 amide bonds. The molecule has 4 unspecified atom stereocenters. The number of carboxylic acid groups (broad SMARTS) is 1. The van der Waals surface area contributed by atoms with E-state index >= 15 is 0 Å². The summed E-state index contributed by atoms with van der Waals surface area (Å²) in [6.07, 6.45) is 7.26. The SMILES string of the molecule is CCC1(C)CC(NCC2CCCCC2C(=O)O)CCO1. The molecule has 4 nitrogen and oxygen atoms in total. The number of nitrogens with one attached hydrogen (secondary N) is 1. The van der Waals surface area contributed by atoms with Crippen LogP contribution in [0.2, 0.25) is 0 Å². The maximum Gasteiger partial charge on any atom is 0.306 e. The van der Waals surface area contributed by atoms with Crippen LogP contribution >= 0.6 is 0 Å². The van der Waals surface area contributed by atoms with Gasteiger partial charge >= 0.3 is 5.97 Å². The van der Waals surface area contributed by atoms with Gasteiger partial charge in [0.25, 0.3) is 0 Å². The van der Waals surface area contributed by atoms with Crippen LogP contribution in [-0.4, -0.2) is 35.9 Å². The summed E-state index contributed by atoms with van der Waals surface area (Å²) in [4.78, 5) is 11.3. The van der Waals surface area contributed by atoms with Gasteiger partial charge in [0.15, 0.2) is 0 Å². The van der Waals surface area contributed by atoms with E-state index in [0.29, 0.717) is 12.0 Å². The Kier molecular flexibility index (Phi) is 5.44. The summed E-state index contributed by atoms with van der Waals surface area (Å²) in [7, 11) is 0. The zero-order valence-electron chi connectivity index (χ0n) is 12.9. The van der Waals surface area contributed by atoms with Gasteiger partial charge in [-0.3, -0.25) is 4.79 Å². The molecule has 0 radical (unpaired) electrons. The van der Waals surface area contributed by atoms with Crippen molar-refractivity contribution < 1.29 is 14.6 Å². The summed E-state index contributed by atoms with van der Waals surface area (Å²) in [5.74, 6) is -0.451. The number of rotatable bonds is 5. The molecule has 2 rings (SSSR count). The van der Waals surface area contributed by atoms with Crippen LogP contribution < -0.4 is 5.32 Å². The molecule has 1 heterocycles. The summed E-state index contributed by atoms with van der Waals surface area (Å²) in [5, 5.41) is 12.9. The Hall–Kier alpha value is -0.610. The Balaban J connectivity index is 1.83. The predicted molar refractivity (Wildman–Crippen MR) is 78.8 cm³/mol. The van der Waals surface area contributed by atoms with Crippen molar-refractivity contribution in [1.82, 2.24) is 5.32 Å². The Morgan fingerprint density at radius 2 is 2.10 bits per heavy atom. The fraction of sp³-hybridized carbons (Fsp3) is 0.938. The van der Waals surface area contributed by atoms with E-state index < -0.39 is 5.97 Å². The maximum atomic E-state index is 11.3. The molecule has 20 heavy (non-hydrogen) atoms. The predicted octanol–water partition coefficient (Wildman–Crippen LogP) is 2.81. The molecule has 2 aliphatic rings. The topological polar surface area (TPSA) is 58.6 Å². The number of carboxylic acids is 1. The Morgan fingerprint density at radius 3 is 2.80 bits per heavy atom. The van der Waals surface area contributed by atoms with E-state index in [-0.39, 0.29) is 11.5 Å². The van der Waals surface area contributed by atoms with Gasteiger partial charge in [0.2, 0.25) is 0 Å². The minimum absolute atomic E-state index is 0.00528. The van der Waals surface area contributed by atoms with Gasteiger partial charge in [-0.25, -0.2) is 0 Å². The molecule has 0 bridgehead atoms. The molecule has 1 aliphatic carbocycles. The highest BCUT2D eigenvalue weighted by molar-refractivity contribution is 5.70. The van der Waals surface area contributed by atoms with E-state index in [0.717, 1.165) is 51.7 Å². The van der Waals surface area contributed by atoms with Crippen molar-refractivity contribution in [2.45, 2.75) is 70.4 Å². The average Bonchev–Trinajstić information content (AvgIpc) is 2.45. The van der Waals surface area contributed by atoms with E-state index in [4.69, 9.17) is 4.74 Å². The second kappa shape index (κ2) is 6.90. The molecular weight excluding hydrogens is 254 g/mol. The highest BCUT2D eigenvalue weighted by Gasteiger charge is 2.34. The first-order valence-electron chi connectivity index (χ1n) is 8.14. The number of carbonyl (C=O) groups is 1. The van der Waals surface area contributed by atoms with Crippen molar-refractivity contribution in [3.05, 3.63) is 0 Å². The fourth-order valence-corrected chi connectivity index (χ4v) is 3.65. The third-order valence-corrected chi connectivity index (χ3v) is 5.24. The van der Waals surface area contributed by atoms with Gasteiger partial charge in [0.05, 0.1) is 11.5 Å². The van der Waals surface area contributed by atoms with Crippen molar-refractivity contribution in [3.63, 3.8) is 0 Å². The second-order valence-corrected chi connectivity index (χ2v) is 6.74. The van der Waals surface area contributed by atoms with Crippen molar-refractivity contribution in [2.24, 2.45) is 11.8 Å². The molecule has 4 heteroatoms. The molecule has 2 fully saturated rings. The lowest BCUT2D eigenvalue weighted by molar-refractivity contribution is -0.145. The van der Waals surface area contributed by atoms with E-state index in [1.165, 1.54) is 6.42 Å². The first-order valence-corrected chi connectivity index (χ1v) is 8.14. The quantitative estimate of drug-likeness (QED) is 0.814. The number of aliphatic carboxylic acids is 1. The zero-order valence-corrected chi connectivity index (χ0v) is 12.9. The molecule has 0 aromatic heterocycles. The molecule has 1 saturated heterocycles. The third-order valence-electron chi connectivity index (χ3n) is 5.24. The molecule has 116 valence electrons. The van der Waals surface area contributed by atoms with Gasteiger partial charge in [-0.05, 0) is 51.5 Å². The van der Waals surface area contributed by atoms with Gasteiger partial charge in [0.1, 0.15) is 0 Å².